The van der Waals surface area contributed by atoms with Crippen molar-refractivity contribution in [1.82, 2.24) is 0 Å². The molecule has 1 saturated heterocycles. The molecule has 4 saturated carbocycles. The summed E-state index contributed by atoms with van der Waals surface area (Å²) in [5, 5.41) is 10.8. The van der Waals surface area contributed by atoms with E-state index in [0.29, 0.717) is 47.5 Å². The maximum absolute atomic E-state index is 11.9. The summed E-state index contributed by atoms with van der Waals surface area (Å²) in [5.74, 6) is 3.04. The summed E-state index contributed by atoms with van der Waals surface area (Å²) in [6, 6.07) is 0. The lowest BCUT2D eigenvalue weighted by Gasteiger charge is -2.63. The van der Waals surface area contributed by atoms with Crippen molar-refractivity contribution in [3.63, 3.8) is 0 Å². The third-order valence-corrected chi connectivity index (χ3v) is 10.9. The Morgan fingerprint density at radius 2 is 1.90 bits per heavy atom. The summed E-state index contributed by atoms with van der Waals surface area (Å²) in [5.41, 5.74) is 0.274. The number of fused-ring (bicyclic) bond motifs is 5. The number of aliphatic hydroxyl groups excluding tert-OH is 1. The Hall–Kier alpha value is -0.450. The van der Waals surface area contributed by atoms with Crippen LogP contribution in [0.2, 0.25) is 0 Å². The summed E-state index contributed by atoms with van der Waals surface area (Å²) < 4.78 is 12.3. The first-order chi connectivity index (χ1) is 14.4. The fourth-order valence-electron chi connectivity index (χ4n) is 9.10. The van der Waals surface area contributed by atoms with E-state index in [2.05, 4.69) is 20.8 Å². The van der Waals surface area contributed by atoms with Gasteiger partial charge >= 0.3 is 0 Å². The largest absolute Gasteiger partial charge is 0.393 e. The second kappa shape index (κ2) is 7.85. The molecule has 1 heterocycles. The Kier molecular flexibility index (Phi) is 5.60. The zero-order valence-electron chi connectivity index (χ0n) is 19.2. The molecule has 170 valence electrons. The highest BCUT2D eigenvalue weighted by atomic mass is 16.7. The summed E-state index contributed by atoms with van der Waals surface area (Å²) >= 11 is 0. The molecule has 11 atom stereocenters. The van der Waals surface area contributed by atoms with Crippen LogP contribution in [0.3, 0.4) is 0 Å². The molecule has 0 aromatic carbocycles. The maximum Gasteiger partial charge on any atom is 0.157 e. The first-order valence-corrected chi connectivity index (χ1v) is 12.8. The predicted octanol–water partition coefficient (Wildman–Crippen LogP) is 4.97. The van der Waals surface area contributed by atoms with E-state index in [1.807, 2.05) is 0 Å². The molecule has 5 rings (SSSR count). The van der Waals surface area contributed by atoms with Gasteiger partial charge in [-0.3, -0.25) is 0 Å². The van der Waals surface area contributed by atoms with Crippen molar-refractivity contribution < 1.29 is 19.4 Å². The van der Waals surface area contributed by atoms with Gasteiger partial charge in [-0.15, -0.1) is 0 Å². The molecule has 4 aliphatic carbocycles. The average Bonchev–Trinajstić information content (AvgIpc) is 3.00. The molecule has 1 aliphatic heterocycles. The van der Waals surface area contributed by atoms with Crippen molar-refractivity contribution in [2.45, 2.75) is 103 Å². The quantitative estimate of drug-likeness (QED) is 0.519. The summed E-state index contributed by atoms with van der Waals surface area (Å²) in [6.45, 7) is 8.15. The van der Waals surface area contributed by atoms with Crippen molar-refractivity contribution in [2.24, 2.45) is 46.3 Å². The molecule has 0 amide bonds. The smallest absolute Gasteiger partial charge is 0.157 e. The zero-order valence-corrected chi connectivity index (χ0v) is 19.2. The Morgan fingerprint density at radius 3 is 2.63 bits per heavy atom. The molecule has 0 bridgehead atoms. The van der Waals surface area contributed by atoms with Gasteiger partial charge in [0.1, 0.15) is 6.29 Å². The van der Waals surface area contributed by atoms with E-state index < -0.39 is 0 Å². The Labute approximate surface area is 182 Å². The Balaban J connectivity index is 1.35. The second-order valence-corrected chi connectivity index (χ2v) is 12.0. The van der Waals surface area contributed by atoms with Crippen LogP contribution in [0.15, 0.2) is 0 Å². The van der Waals surface area contributed by atoms with Gasteiger partial charge in [-0.25, -0.2) is 0 Å². The van der Waals surface area contributed by atoms with Gasteiger partial charge in [0, 0.05) is 12.5 Å². The molecule has 1 unspecified atom stereocenters. The van der Waals surface area contributed by atoms with Gasteiger partial charge in [0.05, 0.1) is 12.2 Å². The van der Waals surface area contributed by atoms with Crippen molar-refractivity contribution in [3.8, 4) is 0 Å². The van der Waals surface area contributed by atoms with Gasteiger partial charge in [-0.05, 0) is 105 Å². The van der Waals surface area contributed by atoms with E-state index in [0.717, 1.165) is 25.9 Å². The fourth-order valence-corrected chi connectivity index (χ4v) is 9.10. The molecule has 1 N–H and O–H groups in total. The highest BCUT2D eigenvalue weighted by Crippen LogP contribution is 2.68. The minimum absolute atomic E-state index is 0.0142. The molecule has 4 heteroatoms. The molecular formula is C26H42O4. The minimum Gasteiger partial charge on any atom is -0.393 e. The van der Waals surface area contributed by atoms with Gasteiger partial charge in [0.2, 0.25) is 0 Å². The van der Waals surface area contributed by atoms with Crippen molar-refractivity contribution in [3.05, 3.63) is 0 Å². The molecule has 4 nitrogen and oxygen atoms in total. The summed E-state index contributed by atoms with van der Waals surface area (Å²) in [4.78, 5) is 11.9. The molecule has 5 fully saturated rings. The van der Waals surface area contributed by atoms with Gasteiger partial charge in [-0.1, -0.05) is 20.8 Å². The first-order valence-electron chi connectivity index (χ1n) is 12.8. The van der Waals surface area contributed by atoms with E-state index in [9.17, 15) is 9.90 Å². The van der Waals surface area contributed by atoms with E-state index in [1.165, 1.54) is 44.8 Å². The molecule has 0 spiro atoms. The molecular weight excluding hydrogens is 376 g/mol. The number of carbonyl (C=O) groups is 1. The van der Waals surface area contributed by atoms with Gasteiger partial charge < -0.3 is 19.4 Å². The van der Waals surface area contributed by atoms with E-state index >= 15 is 0 Å². The average molecular weight is 419 g/mol. The summed E-state index contributed by atoms with van der Waals surface area (Å²) in [6.07, 6.45) is 12.4. The monoisotopic (exact) mass is 418 g/mol. The van der Waals surface area contributed by atoms with E-state index in [1.54, 1.807) is 0 Å². The van der Waals surface area contributed by atoms with Crippen LogP contribution in [0, 0.1) is 46.3 Å². The van der Waals surface area contributed by atoms with Crippen LogP contribution in [0.25, 0.3) is 0 Å². The number of rotatable bonds is 3. The molecule has 5 aliphatic rings. The molecule has 0 aromatic heterocycles. The Bertz CT molecular complexity index is 645. The highest BCUT2D eigenvalue weighted by molar-refractivity contribution is 5.56. The number of aldehydes is 1. The normalized spacial score (nSPS) is 55.9. The SMILES string of the molecule is C[C@H]1C[C@@H](OC2CCCCO2)C[C@@H]2CC[C@H]3[C@@H]4[C@@H](C=O)C[C@H](O)[C@@]4(C)CC[C@@H]3[C@]21C. The number of ether oxygens (including phenoxy) is 2. The highest BCUT2D eigenvalue weighted by Gasteiger charge is 2.64. The number of carbonyl (C=O) groups excluding carboxylic acids is 1. The second-order valence-electron chi connectivity index (χ2n) is 12.0. The third-order valence-electron chi connectivity index (χ3n) is 10.9. The third kappa shape index (κ3) is 3.15. The lowest BCUT2D eigenvalue weighted by atomic mass is 9.42. The summed E-state index contributed by atoms with van der Waals surface area (Å²) in [7, 11) is 0. The van der Waals surface area contributed by atoms with Gasteiger partial charge in [0.15, 0.2) is 6.29 Å². The number of hydrogen-bond donors (Lipinski definition) is 1. The van der Waals surface area contributed by atoms with E-state index in [-0.39, 0.29) is 23.7 Å². The van der Waals surface area contributed by atoms with Gasteiger partial charge in [-0.2, -0.15) is 0 Å². The molecule has 0 radical (unpaired) electrons. The van der Waals surface area contributed by atoms with Crippen molar-refractivity contribution in [2.75, 3.05) is 6.61 Å². The maximum atomic E-state index is 11.9. The Morgan fingerprint density at radius 1 is 1.07 bits per heavy atom. The van der Waals surface area contributed by atoms with Crippen LogP contribution in [-0.2, 0) is 14.3 Å². The van der Waals surface area contributed by atoms with Crippen LogP contribution in [0.4, 0.5) is 0 Å². The van der Waals surface area contributed by atoms with Gasteiger partial charge in [0.25, 0.3) is 0 Å². The van der Waals surface area contributed by atoms with Crippen LogP contribution in [0.5, 0.6) is 0 Å². The standard InChI is InChI=1S/C26H42O4/c1-16-12-19(30-23-6-4-5-11-29-23)14-18-7-8-20-21(26(16,18)3)9-10-25(2)22(28)13-17(15-27)24(20)25/h15-24,28H,4-14H2,1-3H3/t16-,17+,18-,19+,20+,21-,22-,23?,24-,25+,26-/m0/s1. The number of hydrogen-bond acceptors (Lipinski definition) is 4. The van der Waals surface area contributed by atoms with Crippen LogP contribution in [0.1, 0.15) is 85.0 Å². The minimum atomic E-state index is -0.304. The molecule has 30 heavy (non-hydrogen) atoms. The lowest BCUT2D eigenvalue weighted by molar-refractivity contribution is -0.223. The fraction of sp³-hybridized carbons (Fsp3) is 0.962. The molecule has 0 aromatic rings. The topological polar surface area (TPSA) is 55.8 Å². The first kappa shape index (κ1) is 21.4. The van der Waals surface area contributed by atoms with Crippen LogP contribution >= 0.6 is 0 Å². The van der Waals surface area contributed by atoms with Crippen LogP contribution in [-0.4, -0.2) is 36.5 Å². The van der Waals surface area contributed by atoms with E-state index in [4.69, 9.17) is 9.47 Å². The zero-order chi connectivity index (χ0) is 21.1. The van der Waals surface area contributed by atoms with Crippen molar-refractivity contribution >= 4 is 6.29 Å². The predicted molar refractivity (Wildman–Crippen MR) is 116 cm³/mol. The van der Waals surface area contributed by atoms with Crippen molar-refractivity contribution in [1.29, 1.82) is 0 Å². The number of aliphatic hydroxyl groups is 1. The lowest BCUT2D eigenvalue weighted by Crippen LogP contribution is -2.58. The van der Waals surface area contributed by atoms with Crippen LogP contribution < -0.4 is 0 Å².